The molecule has 0 saturated carbocycles. The smallest absolute Gasteiger partial charge is 0.254 e. The first-order valence-electron chi connectivity index (χ1n) is 8.22. The van der Waals surface area contributed by atoms with E-state index < -0.39 is 0 Å². The summed E-state index contributed by atoms with van der Waals surface area (Å²) in [5, 5.41) is 7.45. The first-order valence-corrected chi connectivity index (χ1v) is 9.16. The van der Waals surface area contributed by atoms with Crippen LogP contribution in [0.4, 0.5) is 5.82 Å². The third kappa shape index (κ3) is 2.95. The predicted octanol–water partition coefficient (Wildman–Crippen LogP) is 2.74. The number of hydrogen-bond donors (Lipinski definition) is 1. The van der Waals surface area contributed by atoms with Crippen LogP contribution < -0.4 is 5.32 Å². The molecule has 2 aliphatic rings. The maximum absolute atomic E-state index is 12.5. The molecule has 1 aliphatic heterocycles. The van der Waals surface area contributed by atoms with Crippen molar-refractivity contribution >= 4 is 23.1 Å². The summed E-state index contributed by atoms with van der Waals surface area (Å²) in [6, 6.07) is 2.17. The summed E-state index contributed by atoms with van der Waals surface area (Å²) in [5.74, 6) is 1.12. The highest BCUT2D eigenvalue weighted by atomic mass is 32.1. The van der Waals surface area contributed by atoms with E-state index in [1.54, 1.807) is 17.7 Å². The summed E-state index contributed by atoms with van der Waals surface area (Å²) < 4.78 is 0. The van der Waals surface area contributed by atoms with Crippen LogP contribution in [0.15, 0.2) is 23.2 Å². The lowest BCUT2D eigenvalue weighted by atomic mass is 10.0. The van der Waals surface area contributed by atoms with Gasteiger partial charge in [0, 0.05) is 35.8 Å². The monoisotopic (exact) mass is 328 g/mol. The van der Waals surface area contributed by atoms with Gasteiger partial charge in [0.2, 0.25) is 0 Å². The molecule has 1 N–H and O–H groups in total. The summed E-state index contributed by atoms with van der Waals surface area (Å²) in [7, 11) is 0. The standard InChI is InChI=1S/C17H20N4OS/c22-17(12-6-8-23-10-12)21-7-2-3-13(9-21)20-16-14-4-1-5-15(14)18-11-19-16/h6,8,10-11,13H,1-5,7,9H2,(H,18,19,20)/t13-/m0/s1. The molecule has 1 aliphatic carbocycles. The van der Waals surface area contributed by atoms with E-state index in [2.05, 4.69) is 15.3 Å². The second kappa shape index (κ2) is 6.28. The van der Waals surface area contributed by atoms with E-state index in [9.17, 15) is 4.79 Å². The van der Waals surface area contributed by atoms with E-state index in [-0.39, 0.29) is 11.9 Å². The number of carbonyl (C=O) groups is 1. The Morgan fingerprint density at radius 2 is 2.26 bits per heavy atom. The van der Waals surface area contributed by atoms with Gasteiger partial charge in [-0.15, -0.1) is 0 Å². The van der Waals surface area contributed by atoms with Crippen LogP contribution >= 0.6 is 11.3 Å². The zero-order valence-electron chi connectivity index (χ0n) is 13.0. The molecule has 0 spiro atoms. The maximum atomic E-state index is 12.5. The Bertz CT molecular complexity index is 701. The van der Waals surface area contributed by atoms with Crippen molar-refractivity contribution in [1.82, 2.24) is 14.9 Å². The Morgan fingerprint density at radius 3 is 3.13 bits per heavy atom. The quantitative estimate of drug-likeness (QED) is 0.941. The molecule has 1 saturated heterocycles. The fraction of sp³-hybridized carbons (Fsp3) is 0.471. The largest absolute Gasteiger partial charge is 0.365 e. The lowest BCUT2D eigenvalue weighted by molar-refractivity contribution is 0.0715. The lowest BCUT2D eigenvalue weighted by Crippen LogP contribution is -2.45. The van der Waals surface area contributed by atoms with Gasteiger partial charge in [0.05, 0.1) is 5.56 Å². The molecule has 0 bridgehead atoms. The lowest BCUT2D eigenvalue weighted by Gasteiger charge is -2.33. The molecule has 2 aromatic rings. The molecule has 5 nitrogen and oxygen atoms in total. The number of nitrogens with zero attached hydrogens (tertiary/aromatic N) is 3. The molecular weight excluding hydrogens is 308 g/mol. The SMILES string of the molecule is O=C(c1ccsc1)N1CCC[C@H](Nc2ncnc3c2CCC3)C1. The molecule has 0 unspecified atom stereocenters. The van der Waals surface area contributed by atoms with Crippen LogP contribution in [-0.4, -0.2) is 39.9 Å². The van der Waals surface area contributed by atoms with Crippen molar-refractivity contribution in [2.75, 3.05) is 18.4 Å². The van der Waals surface area contributed by atoms with Gasteiger partial charge in [0.15, 0.2) is 0 Å². The summed E-state index contributed by atoms with van der Waals surface area (Å²) in [6.07, 6.45) is 7.04. The van der Waals surface area contributed by atoms with Crippen LogP contribution in [0.2, 0.25) is 0 Å². The van der Waals surface area contributed by atoms with Crippen molar-refractivity contribution in [3.05, 3.63) is 40.0 Å². The third-order valence-corrected chi connectivity index (χ3v) is 5.38. The highest BCUT2D eigenvalue weighted by molar-refractivity contribution is 7.08. The predicted molar refractivity (Wildman–Crippen MR) is 90.9 cm³/mol. The summed E-state index contributed by atoms with van der Waals surface area (Å²) in [4.78, 5) is 23.3. The van der Waals surface area contributed by atoms with Crippen LogP contribution in [0.25, 0.3) is 0 Å². The summed E-state index contributed by atoms with van der Waals surface area (Å²) in [6.45, 7) is 1.59. The Balaban J connectivity index is 1.46. The van der Waals surface area contributed by atoms with Crippen LogP contribution in [0.5, 0.6) is 0 Å². The van der Waals surface area contributed by atoms with Crippen molar-refractivity contribution in [2.24, 2.45) is 0 Å². The van der Waals surface area contributed by atoms with Gasteiger partial charge in [-0.05, 0) is 43.6 Å². The zero-order valence-corrected chi connectivity index (χ0v) is 13.8. The first kappa shape index (κ1) is 14.6. The minimum absolute atomic E-state index is 0.144. The van der Waals surface area contributed by atoms with Crippen LogP contribution in [-0.2, 0) is 12.8 Å². The second-order valence-electron chi connectivity index (χ2n) is 6.25. The minimum atomic E-state index is 0.144. The number of nitrogens with one attached hydrogen (secondary N) is 1. The maximum Gasteiger partial charge on any atom is 0.254 e. The molecule has 4 rings (SSSR count). The van der Waals surface area contributed by atoms with Gasteiger partial charge in [0.25, 0.3) is 5.91 Å². The molecule has 0 aromatic carbocycles. The van der Waals surface area contributed by atoms with Crippen LogP contribution in [0, 0.1) is 0 Å². The summed E-state index contributed by atoms with van der Waals surface area (Å²) in [5.41, 5.74) is 3.26. The van der Waals surface area contributed by atoms with Gasteiger partial charge in [-0.25, -0.2) is 9.97 Å². The number of anilines is 1. The first-order chi connectivity index (χ1) is 11.3. The van der Waals surface area contributed by atoms with Gasteiger partial charge in [-0.1, -0.05) is 0 Å². The second-order valence-corrected chi connectivity index (χ2v) is 7.03. The van der Waals surface area contributed by atoms with Crippen molar-refractivity contribution in [1.29, 1.82) is 0 Å². The Hall–Kier alpha value is -1.95. The van der Waals surface area contributed by atoms with Crippen molar-refractivity contribution < 1.29 is 4.79 Å². The highest BCUT2D eigenvalue weighted by Gasteiger charge is 2.26. The molecule has 1 fully saturated rings. The Morgan fingerprint density at radius 1 is 1.30 bits per heavy atom. The van der Waals surface area contributed by atoms with Gasteiger partial charge in [-0.2, -0.15) is 11.3 Å². The van der Waals surface area contributed by atoms with Gasteiger partial charge >= 0.3 is 0 Å². The average molecular weight is 328 g/mol. The van der Waals surface area contributed by atoms with E-state index in [1.807, 2.05) is 21.7 Å². The third-order valence-electron chi connectivity index (χ3n) is 4.69. The fourth-order valence-electron chi connectivity index (χ4n) is 3.53. The molecule has 120 valence electrons. The van der Waals surface area contributed by atoms with E-state index in [0.29, 0.717) is 0 Å². The molecule has 1 atom stereocenters. The number of fused-ring (bicyclic) bond motifs is 1. The molecule has 3 heterocycles. The normalized spacial score (nSPS) is 20.3. The Kier molecular flexibility index (Phi) is 3.99. The number of amides is 1. The number of thiophene rings is 1. The summed E-state index contributed by atoms with van der Waals surface area (Å²) >= 11 is 1.57. The number of rotatable bonds is 3. The molecular formula is C17H20N4OS. The van der Waals surface area contributed by atoms with Gasteiger partial charge in [0.1, 0.15) is 12.1 Å². The molecule has 23 heavy (non-hydrogen) atoms. The van der Waals surface area contributed by atoms with Gasteiger partial charge in [-0.3, -0.25) is 4.79 Å². The van der Waals surface area contributed by atoms with E-state index >= 15 is 0 Å². The molecule has 1 amide bonds. The topological polar surface area (TPSA) is 58.1 Å². The van der Waals surface area contributed by atoms with Crippen molar-refractivity contribution in [3.8, 4) is 0 Å². The Labute approximate surface area is 139 Å². The fourth-order valence-corrected chi connectivity index (χ4v) is 4.16. The average Bonchev–Trinajstić information content (AvgIpc) is 3.26. The number of piperidine rings is 1. The number of hydrogen-bond acceptors (Lipinski definition) is 5. The van der Waals surface area contributed by atoms with E-state index in [4.69, 9.17) is 0 Å². The number of aryl methyl sites for hydroxylation is 1. The highest BCUT2D eigenvalue weighted by Crippen LogP contribution is 2.27. The molecule has 6 heteroatoms. The number of likely N-dealkylation sites (tertiary alicyclic amines) is 1. The van der Waals surface area contributed by atoms with Crippen LogP contribution in [0.3, 0.4) is 0 Å². The van der Waals surface area contributed by atoms with E-state index in [0.717, 1.165) is 56.6 Å². The van der Waals surface area contributed by atoms with E-state index in [1.165, 1.54) is 11.3 Å². The van der Waals surface area contributed by atoms with Crippen molar-refractivity contribution in [3.63, 3.8) is 0 Å². The molecule has 0 radical (unpaired) electrons. The minimum Gasteiger partial charge on any atom is -0.365 e. The molecule has 2 aromatic heterocycles. The number of aromatic nitrogens is 2. The number of carbonyl (C=O) groups excluding carboxylic acids is 1. The van der Waals surface area contributed by atoms with Crippen LogP contribution in [0.1, 0.15) is 40.9 Å². The van der Waals surface area contributed by atoms with Crippen molar-refractivity contribution in [2.45, 2.75) is 38.1 Å². The zero-order chi connectivity index (χ0) is 15.6. The van der Waals surface area contributed by atoms with Gasteiger partial charge < -0.3 is 10.2 Å².